The van der Waals surface area contributed by atoms with Crippen LogP contribution in [0.15, 0.2) is 18.2 Å². The van der Waals surface area contributed by atoms with Crippen molar-refractivity contribution in [3.63, 3.8) is 0 Å². The van der Waals surface area contributed by atoms with Crippen molar-refractivity contribution in [3.05, 3.63) is 34.9 Å². The zero-order valence-electron chi connectivity index (χ0n) is 26.1. The average Bonchev–Trinajstić information content (AvgIpc) is 2.80. The highest BCUT2D eigenvalue weighted by Crippen LogP contribution is 2.29. The molecule has 0 spiro atoms. The van der Waals surface area contributed by atoms with E-state index in [1.165, 1.54) is 0 Å². The van der Waals surface area contributed by atoms with Gasteiger partial charge < -0.3 is 26.0 Å². The van der Waals surface area contributed by atoms with Crippen molar-refractivity contribution < 1.29 is 23.9 Å². The fourth-order valence-corrected chi connectivity index (χ4v) is 4.40. The average molecular weight is 561 g/mol. The van der Waals surface area contributed by atoms with Crippen LogP contribution in [-0.4, -0.2) is 52.4 Å². The fourth-order valence-electron chi connectivity index (χ4n) is 4.40. The van der Waals surface area contributed by atoms with E-state index in [9.17, 15) is 19.2 Å². The van der Waals surface area contributed by atoms with E-state index >= 15 is 0 Å². The molecule has 0 aliphatic heterocycles. The lowest BCUT2D eigenvalue weighted by molar-refractivity contribution is -0.143. The summed E-state index contributed by atoms with van der Waals surface area (Å²) in [5.74, 6) is -1.36. The third kappa shape index (κ3) is 12.4. The molecule has 9 nitrogen and oxygen atoms in total. The second-order valence-corrected chi connectivity index (χ2v) is 12.6. The van der Waals surface area contributed by atoms with Gasteiger partial charge in [-0.15, -0.1) is 0 Å². The van der Waals surface area contributed by atoms with Gasteiger partial charge in [0.15, 0.2) is 0 Å². The van der Waals surface area contributed by atoms with E-state index in [-0.39, 0.29) is 18.7 Å². The van der Waals surface area contributed by atoms with Crippen LogP contribution in [0.1, 0.15) is 116 Å². The van der Waals surface area contributed by atoms with E-state index in [1.54, 1.807) is 25.7 Å². The lowest BCUT2D eigenvalue weighted by atomic mass is 9.93. The van der Waals surface area contributed by atoms with Crippen LogP contribution in [0.5, 0.6) is 0 Å². The number of nitrogens with one attached hydrogen (secondary N) is 2. The zero-order valence-corrected chi connectivity index (χ0v) is 26.1. The van der Waals surface area contributed by atoms with Gasteiger partial charge in [0.25, 0.3) is 0 Å². The van der Waals surface area contributed by atoms with Crippen molar-refractivity contribution in [3.8, 4) is 0 Å². The van der Waals surface area contributed by atoms with Crippen LogP contribution in [0, 0.1) is 13.8 Å². The van der Waals surface area contributed by atoms with Gasteiger partial charge >= 0.3 is 6.09 Å². The number of hydrogen-bond acceptors (Lipinski definition) is 5. The van der Waals surface area contributed by atoms with E-state index in [1.807, 2.05) is 52.8 Å². The van der Waals surface area contributed by atoms with Crippen LogP contribution in [0.4, 0.5) is 4.79 Å². The van der Waals surface area contributed by atoms with E-state index in [2.05, 4.69) is 17.6 Å². The molecule has 0 saturated heterocycles. The monoisotopic (exact) mass is 560 g/mol. The van der Waals surface area contributed by atoms with Crippen LogP contribution in [0.3, 0.4) is 0 Å². The first-order valence-electron chi connectivity index (χ1n) is 14.4. The summed E-state index contributed by atoms with van der Waals surface area (Å²) >= 11 is 0. The number of rotatable bonds is 14. The first kappa shape index (κ1) is 34.9. The molecule has 1 aromatic carbocycles. The quantitative estimate of drug-likeness (QED) is 0.269. The molecule has 1 aromatic rings. The lowest BCUT2D eigenvalue weighted by Gasteiger charge is -2.37. The summed E-state index contributed by atoms with van der Waals surface area (Å²) in [5.41, 5.74) is 6.71. The maximum Gasteiger partial charge on any atom is 0.408 e. The molecule has 0 saturated carbocycles. The van der Waals surface area contributed by atoms with Crippen LogP contribution in [0.25, 0.3) is 0 Å². The van der Waals surface area contributed by atoms with Crippen LogP contribution in [-0.2, 0) is 19.1 Å². The Morgan fingerprint density at radius 3 is 2.15 bits per heavy atom. The van der Waals surface area contributed by atoms with E-state index in [0.29, 0.717) is 13.0 Å². The number of amides is 4. The first-order chi connectivity index (χ1) is 18.5. The minimum atomic E-state index is -1.10. The maximum absolute atomic E-state index is 14.3. The molecule has 4 N–H and O–H groups in total. The number of primary amides is 1. The van der Waals surface area contributed by atoms with Crippen molar-refractivity contribution in [2.45, 2.75) is 130 Å². The summed E-state index contributed by atoms with van der Waals surface area (Å²) in [6, 6.07) is 3.67. The largest absolute Gasteiger partial charge is 0.444 e. The molecule has 0 aliphatic carbocycles. The minimum Gasteiger partial charge on any atom is -0.444 e. The SMILES string of the molecule is CCCCCCCN(C(=O)C(CCC(N)=O)NC(=O)OC(C)(C)C)C(C(=O)NC(C)(C)C)c1cccc(C)c1C. The number of ether oxygens (including phenoxy) is 1. The Morgan fingerprint density at radius 1 is 0.975 bits per heavy atom. The van der Waals surface area contributed by atoms with E-state index in [4.69, 9.17) is 10.5 Å². The van der Waals surface area contributed by atoms with Crippen LogP contribution in [0.2, 0.25) is 0 Å². The third-order valence-corrected chi connectivity index (χ3v) is 6.45. The summed E-state index contributed by atoms with van der Waals surface area (Å²) < 4.78 is 5.41. The molecule has 1 rings (SSSR count). The molecule has 226 valence electrons. The van der Waals surface area contributed by atoms with Gasteiger partial charge in [0.1, 0.15) is 17.7 Å². The highest BCUT2D eigenvalue weighted by Gasteiger charge is 2.38. The number of unbranched alkanes of at least 4 members (excludes halogenated alkanes) is 4. The molecule has 40 heavy (non-hydrogen) atoms. The molecular formula is C31H52N4O5. The number of hydrogen-bond donors (Lipinski definition) is 3. The molecular weight excluding hydrogens is 508 g/mol. The minimum absolute atomic E-state index is 0.0137. The zero-order chi connectivity index (χ0) is 30.7. The van der Waals surface area contributed by atoms with E-state index < -0.39 is 41.1 Å². The number of benzene rings is 1. The Bertz CT molecular complexity index is 1010. The van der Waals surface area contributed by atoms with Crippen molar-refractivity contribution in [1.29, 1.82) is 0 Å². The predicted molar refractivity (Wildman–Crippen MR) is 159 cm³/mol. The summed E-state index contributed by atoms with van der Waals surface area (Å²) in [6.07, 6.45) is 3.85. The Hall–Kier alpha value is -3.10. The second-order valence-electron chi connectivity index (χ2n) is 12.6. The number of nitrogens with zero attached hydrogens (tertiary/aromatic N) is 1. The summed E-state index contributed by atoms with van der Waals surface area (Å²) in [6.45, 7) is 17.2. The molecule has 2 atom stereocenters. The lowest BCUT2D eigenvalue weighted by Crippen LogP contribution is -2.55. The number of aryl methyl sites for hydroxylation is 1. The number of carbonyl (C=O) groups excluding carboxylic acids is 4. The van der Waals surface area contributed by atoms with Gasteiger partial charge in [0.05, 0.1) is 0 Å². The molecule has 0 bridgehead atoms. The normalized spacial score (nSPS) is 13.2. The van der Waals surface area contributed by atoms with Gasteiger partial charge in [-0.25, -0.2) is 4.79 Å². The van der Waals surface area contributed by atoms with Gasteiger partial charge in [0.2, 0.25) is 17.7 Å². The number of carbonyl (C=O) groups is 4. The van der Waals surface area contributed by atoms with Crippen LogP contribution >= 0.6 is 0 Å². The topological polar surface area (TPSA) is 131 Å². The molecule has 0 heterocycles. The van der Waals surface area contributed by atoms with Crippen LogP contribution < -0.4 is 16.4 Å². The molecule has 9 heteroatoms. The summed E-state index contributed by atoms with van der Waals surface area (Å²) in [4.78, 5) is 54.2. The molecule has 0 fully saturated rings. The number of alkyl carbamates (subject to hydrolysis) is 1. The van der Waals surface area contributed by atoms with Gasteiger partial charge in [-0.3, -0.25) is 14.4 Å². The Balaban J connectivity index is 3.61. The van der Waals surface area contributed by atoms with Crippen molar-refractivity contribution in [1.82, 2.24) is 15.5 Å². The van der Waals surface area contributed by atoms with E-state index in [0.717, 1.165) is 42.4 Å². The smallest absolute Gasteiger partial charge is 0.408 e. The fraction of sp³-hybridized carbons (Fsp3) is 0.677. The van der Waals surface area contributed by atoms with Gasteiger partial charge in [-0.05, 0) is 84.9 Å². The molecule has 0 aliphatic rings. The standard InChI is InChI=1S/C31H52N4O5/c1-10-11-12-13-14-20-35(28(38)24(18-19-25(32)36)33-29(39)40-31(7,8)9)26(27(37)34-30(4,5)6)23-17-15-16-21(2)22(23)3/h15-17,24,26H,10-14,18-20H2,1-9H3,(H2,32,36)(H,33,39)(H,34,37). The van der Waals surface area contributed by atoms with Gasteiger partial charge in [-0.1, -0.05) is 50.8 Å². The molecule has 2 unspecified atom stereocenters. The molecule has 4 amide bonds. The summed E-state index contributed by atoms with van der Waals surface area (Å²) in [5, 5.41) is 5.70. The number of nitrogens with two attached hydrogens (primary N) is 1. The van der Waals surface area contributed by atoms with Gasteiger partial charge in [-0.2, -0.15) is 0 Å². The predicted octanol–water partition coefficient (Wildman–Crippen LogP) is 5.22. The van der Waals surface area contributed by atoms with Crippen molar-refractivity contribution in [2.24, 2.45) is 5.73 Å². The van der Waals surface area contributed by atoms with Crippen molar-refractivity contribution >= 4 is 23.8 Å². The highest BCUT2D eigenvalue weighted by molar-refractivity contribution is 5.93. The van der Waals surface area contributed by atoms with Gasteiger partial charge in [0, 0.05) is 18.5 Å². The third-order valence-electron chi connectivity index (χ3n) is 6.45. The molecule has 0 aromatic heterocycles. The second kappa shape index (κ2) is 15.6. The Labute approximate surface area is 241 Å². The van der Waals surface area contributed by atoms with Crippen molar-refractivity contribution in [2.75, 3.05) is 6.54 Å². The summed E-state index contributed by atoms with van der Waals surface area (Å²) in [7, 11) is 0. The molecule has 0 radical (unpaired) electrons. The Morgan fingerprint density at radius 2 is 1.60 bits per heavy atom. The highest BCUT2D eigenvalue weighted by atomic mass is 16.6. The maximum atomic E-state index is 14.3. The Kier molecular flexibility index (Phi) is 13.6. The first-order valence-corrected chi connectivity index (χ1v) is 14.4.